The zero-order chi connectivity index (χ0) is 16.9. The summed E-state index contributed by atoms with van der Waals surface area (Å²) in [4.78, 5) is 2.21. The van der Waals surface area contributed by atoms with E-state index in [1.165, 1.54) is 0 Å². The number of nitrogens with one attached hydrogen (secondary N) is 1. The SMILES string of the molecule is CNC[C@H]1Oc2ccccc2[C@@H]1N1CC(C)(C)c2cccc(F)c21. The zero-order valence-corrected chi connectivity index (χ0v) is 14.3. The summed E-state index contributed by atoms with van der Waals surface area (Å²) < 4.78 is 20.9. The predicted octanol–water partition coefficient (Wildman–Crippen LogP) is 3.65. The van der Waals surface area contributed by atoms with Gasteiger partial charge in [0.25, 0.3) is 0 Å². The fraction of sp³-hybridized carbons (Fsp3) is 0.400. The van der Waals surface area contributed by atoms with E-state index in [1.54, 1.807) is 6.07 Å². The quantitative estimate of drug-likeness (QED) is 0.932. The Bertz CT molecular complexity index is 774. The van der Waals surface area contributed by atoms with Crippen molar-refractivity contribution in [3.05, 3.63) is 59.4 Å². The molecule has 2 aromatic carbocycles. The summed E-state index contributed by atoms with van der Waals surface area (Å²) >= 11 is 0. The second-order valence-electron chi connectivity index (χ2n) is 7.34. The molecule has 2 atom stereocenters. The number of hydrogen-bond acceptors (Lipinski definition) is 3. The fourth-order valence-electron chi connectivity index (χ4n) is 4.16. The van der Waals surface area contributed by atoms with Crippen molar-refractivity contribution in [2.45, 2.75) is 31.4 Å². The summed E-state index contributed by atoms with van der Waals surface area (Å²) in [6.07, 6.45) is -0.0336. The molecule has 0 aliphatic carbocycles. The zero-order valence-electron chi connectivity index (χ0n) is 14.3. The summed E-state index contributed by atoms with van der Waals surface area (Å²) in [7, 11) is 1.92. The summed E-state index contributed by atoms with van der Waals surface area (Å²) in [5.41, 5.74) is 2.87. The van der Waals surface area contributed by atoms with Gasteiger partial charge in [-0.2, -0.15) is 0 Å². The molecular weight excluding hydrogens is 303 g/mol. The van der Waals surface area contributed by atoms with E-state index in [1.807, 2.05) is 37.4 Å². The van der Waals surface area contributed by atoms with Crippen LogP contribution in [0.15, 0.2) is 42.5 Å². The molecule has 3 nitrogen and oxygen atoms in total. The highest BCUT2D eigenvalue weighted by Gasteiger charge is 2.46. The highest BCUT2D eigenvalue weighted by molar-refractivity contribution is 5.65. The largest absolute Gasteiger partial charge is 0.486 e. The van der Waals surface area contributed by atoms with E-state index >= 15 is 0 Å². The van der Waals surface area contributed by atoms with E-state index < -0.39 is 0 Å². The Hall–Kier alpha value is -2.07. The van der Waals surface area contributed by atoms with Gasteiger partial charge in [-0.05, 0) is 24.7 Å². The van der Waals surface area contributed by atoms with Crippen molar-refractivity contribution in [2.75, 3.05) is 25.0 Å². The first-order valence-corrected chi connectivity index (χ1v) is 8.49. The number of hydrogen-bond donors (Lipinski definition) is 1. The molecule has 2 aliphatic rings. The van der Waals surface area contributed by atoms with E-state index in [0.29, 0.717) is 0 Å². The van der Waals surface area contributed by atoms with Crippen molar-refractivity contribution in [3.8, 4) is 5.75 Å². The molecule has 0 radical (unpaired) electrons. The fourth-order valence-corrected chi connectivity index (χ4v) is 4.16. The topological polar surface area (TPSA) is 24.5 Å². The van der Waals surface area contributed by atoms with E-state index in [4.69, 9.17) is 4.74 Å². The first-order chi connectivity index (χ1) is 11.5. The number of rotatable bonds is 3. The molecule has 4 heteroatoms. The maximum atomic E-state index is 14.7. The van der Waals surface area contributed by atoms with Crippen LogP contribution in [0.2, 0.25) is 0 Å². The number of fused-ring (bicyclic) bond motifs is 2. The minimum absolute atomic E-state index is 0.0195. The van der Waals surface area contributed by atoms with Crippen molar-refractivity contribution in [3.63, 3.8) is 0 Å². The molecule has 0 saturated carbocycles. The first-order valence-electron chi connectivity index (χ1n) is 8.49. The van der Waals surface area contributed by atoms with Crippen LogP contribution >= 0.6 is 0 Å². The average Bonchev–Trinajstić information content (AvgIpc) is 3.03. The molecule has 0 fully saturated rings. The number of nitrogens with zero attached hydrogens (tertiary/aromatic N) is 1. The first kappa shape index (κ1) is 15.5. The third-order valence-electron chi connectivity index (χ3n) is 5.18. The van der Waals surface area contributed by atoms with Gasteiger partial charge in [-0.15, -0.1) is 0 Å². The number of anilines is 1. The van der Waals surface area contributed by atoms with Crippen molar-refractivity contribution < 1.29 is 9.13 Å². The third-order valence-corrected chi connectivity index (χ3v) is 5.18. The second-order valence-corrected chi connectivity index (χ2v) is 7.34. The molecule has 24 heavy (non-hydrogen) atoms. The Balaban J connectivity index is 1.84. The van der Waals surface area contributed by atoms with Gasteiger partial charge in [-0.3, -0.25) is 0 Å². The van der Waals surface area contributed by atoms with Crippen molar-refractivity contribution in [1.29, 1.82) is 0 Å². The average molecular weight is 326 g/mol. The monoisotopic (exact) mass is 326 g/mol. The number of ether oxygens (including phenoxy) is 1. The molecule has 0 spiro atoms. The number of para-hydroxylation sites is 2. The van der Waals surface area contributed by atoms with Crippen molar-refractivity contribution in [2.24, 2.45) is 0 Å². The van der Waals surface area contributed by atoms with Gasteiger partial charge in [0.15, 0.2) is 0 Å². The molecule has 2 aliphatic heterocycles. The maximum Gasteiger partial charge on any atom is 0.146 e. The van der Waals surface area contributed by atoms with Crippen molar-refractivity contribution >= 4 is 5.69 Å². The minimum Gasteiger partial charge on any atom is -0.486 e. The second kappa shape index (κ2) is 5.49. The van der Waals surface area contributed by atoms with Crippen LogP contribution in [-0.2, 0) is 5.41 Å². The molecule has 0 unspecified atom stereocenters. The highest BCUT2D eigenvalue weighted by atomic mass is 19.1. The van der Waals surface area contributed by atoms with Gasteiger partial charge < -0.3 is 15.0 Å². The normalized spacial score (nSPS) is 23.8. The molecule has 2 heterocycles. The minimum atomic E-state index is -0.148. The van der Waals surface area contributed by atoms with E-state index in [2.05, 4.69) is 30.1 Å². The lowest BCUT2D eigenvalue weighted by atomic mass is 9.87. The van der Waals surface area contributed by atoms with E-state index in [9.17, 15) is 4.39 Å². The summed E-state index contributed by atoms with van der Waals surface area (Å²) in [5.74, 6) is 0.760. The van der Waals surface area contributed by atoms with Gasteiger partial charge in [0, 0.05) is 24.1 Å². The van der Waals surface area contributed by atoms with Gasteiger partial charge in [0.05, 0.1) is 11.7 Å². The third kappa shape index (κ3) is 2.20. The lowest BCUT2D eigenvalue weighted by molar-refractivity contribution is 0.200. The van der Waals surface area contributed by atoms with Crippen LogP contribution in [0, 0.1) is 5.82 Å². The van der Waals surface area contributed by atoms with Crippen LogP contribution in [0.25, 0.3) is 0 Å². The lowest BCUT2D eigenvalue weighted by Crippen LogP contribution is -2.41. The molecule has 2 aromatic rings. The van der Waals surface area contributed by atoms with E-state index in [0.717, 1.165) is 35.7 Å². The molecule has 0 bridgehead atoms. The number of halogens is 1. The highest BCUT2D eigenvalue weighted by Crippen LogP contribution is 2.50. The molecule has 4 rings (SSSR count). The Kier molecular flexibility index (Phi) is 3.53. The van der Waals surface area contributed by atoms with Gasteiger partial charge >= 0.3 is 0 Å². The van der Waals surface area contributed by atoms with Gasteiger partial charge in [0.2, 0.25) is 0 Å². The smallest absolute Gasteiger partial charge is 0.146 e. The molecule has 0 amide bonds. The van der Waals surface area contributed by atoms with Crippen LogP contribution in [0.4, 0.5) is 10.1 Å². The summed E-state index contributed by atoms with van der Waals surface area (Å²) in [6.45, 7) is 5.87. The predicted molar refractivity (Wildman–Crippen MR) is 94.3 cm³/mol. The summed E-state index contributed by atoms with van der Waals surface area (Å²) in [6, 6.07) is 13.5. The summed E-state index contributed by atoms with van der Waals surface area (Å²) in [5, 5.41) is 3.21. The molecule has 126 valence electrons. The van der Waals surface area contributed by atoms with Crippen LogP contribution in [0.5, 0.6) is 5.75 Å². The van der Waals surface area contributed by atoms with Crippen LogP contribution in [0.3, 0.4) is 0 Å². The molecule has 1 N–H and O–H groups in total. The van der Waals surface area contributed by atoms with Gasteiger partial charge in [0.1, 0.15) is 17.7 Å². The van der Waals surface area contributed by atoms with Crippen LogP contribution < -0.4 is 15.0 Å². The molecular formula is C20H23FN2O. The Labute approximate surface area is 142 Å². The molecule has 0 aromatic heterocycles. The number of benzene rings is 2. The Morgan fingerprint density at radius 2 is 2.00 bits per heavy atom. The van der Waals surface area contributed by atoms with Crippen LogP contribution in [-0.4, -0.2) is 26.2 Å². The van der Waals surface area contributed by atoms with E-state index in [-0.39, 0.29) is 23.4 Å². The van der Waals surface area contributed by atoms with Crippen molar-refractivity contribution in [1.82, 2.24) is 5.32 Å². The number of likely N-dealkylation sites (N-methyl/N-ethyl adjacent to an activating group) is 1. The van der Waals surface area contributed by atoms with Gasteiger partial charge in [-0.1, -0.05) is 44.2 Å². The Morgan fingerprint density at radius 1 is 1.21 bits per heavy atom. The lowest BCUT2D eigenvalue weighted by Gasteiger charge is -2.32. The molecule has 0 saturated heterocycles. The maximum absolute atomic E-state index is 14.7. The Morgan fingerprint density at radius 3 is 2.79 bits per heavy atom. The van der Waals surface area contributed by atoms with Gasteiger partial charge in [-0.25, -0.2) is 4.39 Å². The van der Waals surface area contributed by atoms with Crippen LogP contribution in [0.1, 0.15) is 31.0 Å². The standard InChI is InChI=1S/C20H23FN2O/c1-20(2)12-23(19-14(20)8-6-9-15(19)21)18-13-7-4-5-10-16(13)24-17(18)11-22-3/h4-10,17-18,22H,11-12H2,1-3H3/t17-,18+/m1/s1.